The van der Waals surface area contributed by atoms with Crippen molar-refractivity contribution in [2.24, 2.45) is 0 Å². The summed E-state index contributed by atoms with van der Waals surface area (Å²) in [6.45, 7) is 5.16. The standard InChI is InChI=1S/C19H22N4OS/c1-14-19(15(2)23(21-14)17-7-5-4-6-8-17)20-18(24)12-22(3)11-16-9-10-25-13-16/h4-10,13H,11-12H2,1-3H3,(H,20,24)/p+1. The fraction of sp³-hybridized carbons (Fsp3) is 0.263. The van der Waals surface area contributed by atoms with Crippen molar-refractivity contribution in [2.45, 2.75) is 20.4 Å². The highest BCUT2D eigenvalue weighted by atomic mass is 32.1. The Balaban J connectivity index is 1.68. The highest BCUT2D eigenvalue weighted by Crippen LogP contribution is 2.22. The van der Waals surface area contributed by atoms with Gasteiger partial charge in [0.25, 0.3) is 5.91 Å². The van der Waals surface area contributed by atoms with E-state index in [1.165, 1.54) is 5.56 Å². The smallest absolute Gasteiger partial charge is 0.279 e. The number of thiophene rings is 1. The maximum absolute atomic E-state index is 12.4. The van der Waals surface area contributed by atoms with Gasteiger partial charge >= 0.3 is 0 Å². The molecule has 3 rings (SSSR count). The number of nitrogens with one attached hydrogen (secondary N) is 2. The van der Waals surface area contributed by atoms with Gasteiger partial charge in [0, 0.05) is 5.56 Å². The molecule has 2 N–H and O–H groups in total. The van der Waals surface area contributed by atoms with Gasteiger partial charge in [-0.2, -0.15) is 16.4 Å². The first-order chi connectivity index (χ1) is 12.0. The molecule has 0 aliphatic heterocycles. The second-order valence-corrected chi connectivity index (χ2v) is 7.06. The molecule has 1 amide bonds. The Morgan fingerprint density at radius 1 is 1.24 bits per heavy atom. The van der Waals surface area contributed by atoms with E-state index in [4.69, 9.17) is 0 Å². The normalized spacial score (nSPS) is 12.1. The van der Waals surface area contributed by atoms with Crippen LogP contribution in [0.25, 0.3) is 5.69 Å². The topological polar surface area (TPSA) is 51.4 Å². The fourth-order valence-corrected chi connectivity index (χ4v) is 3.57. The lowest BCUT2D eigenvalue weighted by Crippen LogP contribution is -3.08. The highest BCUT2D eigenvalue weighted by Gasteiger charge is 2.17. The lowest BCUT2D eigenvalue weighted by Gasteiger charge is -2.13. The van der Waals surface area contributed by atoms with Gasteiger partial charge in [0.05, 0.1) is 29.8 Å². The second kappa shape index (κ2) is 7.63. The van der Waals surface area contributed by atoms with Crippen LogP contribution < -0.4 is 10.2 Å². The van der Waals surface area contributed by atoms with Crippen molar-refractivity contribution >= 4 is 22.9 Å². The molecule has 2 aromatic heterocycles. The summed E-state index contributed by atoms with van der Waals surface area (Å²) in [5, 5.41) is 11.8. The minimum absolute atomic E-state index is 0.00606. The van der Waals surface area contributed by atoms with Crippen LogP contribution in [-0.4, -0.2) is 29.3 Å². The molecule has 0 radical (unpaired) electrons. The number of hydrogen-bond acceptors (Lipinski definition) is 3. The van der Waals surface area contributed by atoms with Gasteiger partial charge in [0.15, 0.2) is 6.54 Å². The third-order valence-electron chi connectivity index (χ3n) is 4.10. The number of benzene rings is 1. The van der Waals surface area contributed by atoms with Crippen LogP contribution in [0.15, 0.2) is 47.2 Å². The molecule has 6 heteroatoms. The van der Waals surface area contributed by atoms with Crippen molar-refractivity contribution < 1.29 is 9.69 Å². The lowest BCUT2D eigenvalue weighted by molar-refractivity contribution is -0.885. The van der Waals surface area contributed by atoms with Gasteiger partial charge in [-0.1, -0.05) is 18.2 Å². The number of rotatable bonds is 6. The van der Waals surface area contributed by atoms with Crippen molar-refractivity contribution in [3.63, 3.8) is 0 Å². The average molecular weight is 355 g/mol. The van der Waals surface area contributed by atoms with Gasteiger partial charge in [0.1, 0.15) is 6.54 Å². The van der Waals surface area contributed by atoms with Gasteiger partial charge in [-0.05, 0) is 42.8 Å². The van der Waals surface area contributed by atoms with Crippen LogP contribution in [0.4, 0.5) is 5.69 Å². The van der Waals surface area contributed by atoms with E-state index in [1.54, 1.807) is 11.3 Å². The Morgan fingerprint density at radius 3 is 2.68 bits per heavy atom. The predicted octanol–water partition coefficient (Wildman–Crippen LogP) is 2.20. The van der Waals surface area contributed by atoms with Crippen LogP contribution >= 0.6 is 11.3 Å². The van der Waals surface area contributed by atoms with Crippen LogP contribution in [-0.2, 0) is 11.3 Å². The number of aryl methyl sites for hydroxylation is 1. The number of amides is 1. The van der Waals surface area contributed by atoms with E-state index in [9.17, 15) is 4.79 Å². The zero-order valence-electron chi connectivity index (χ0n) is 14.7. The number of quaternary nitrogens is 1. The van der Waals surface area contributed by atoms with Crippen LogP contribution in [0.3, 0.4) is 0 Å². The number of likely N-dealkylation sites (N-methyl/N-ethyl adjacent to an activating group) is 1. The first-order valence-electron chi connectivity index (χ1n) is 8.28. The van der Waals surface area contributed by atoms with Crippen LogP contribution in [0.5, 0.6) is 0 Å². The van der Waals surface area contributed by atoms with Crippen molar-refractivity contribution in [2.75, 3.05) is 18.9 Å². The molecule has 1 aromatic carbocycles. The molecule has 1 atom stereocenters. The van der Waals surface area contributed by atoms with E-state index in [1.807, 2.05) is 55.9 Å². The molecule has 25 heavy (non-hydrogen) atoms. The highest BCUT2D eigenvalue weighted by molar-refractivity contribution is 7.07. The number of para-hydroxylation sites is 1. The predicted molar refractivity (Wildman–Crippen MR) is 101 cm³/mol. The molecule has 0 saturated heterocycles. The van der Waals surface area contributed by atoms with E-state index in [0.717, 1.165) is 34.2 Å². The minimum Gasteiger partial charge on any atom is -0.326 e. The molecule has 0 aliphatic carbocycles. The zero-order chi connectivity index (χ0) is 17.8. The van der Waals surface area contributed by atoms with Crippen molar-refractivity contribution in [3.05, 3.63) is 64.1 Å². The molecular formula is C19H23N4OS+. The number of carbonyl (C=O) groups is 1. The fourth-order valence-electron chi connectivity index (χ4n) is 2.91. The Morgan fingerprint density at radius 2 is 2.00 bits per heavy atom. The molecule has 130 valence electrons. The van der Waals surface area contributed by atoms with Crippen LogP contribution in [0, 0.1) is 13.8 Å². The van der Waals surface area contributed by atoms with Gasteiger partial charge in [-0.3, -0.25) is 4.79 Å². The maximum Gasteiger partial charge on any atom is 0.279 e. The third kappa shape index (κ3) is 4.15. The van der Waals surface area contributed by atoms with Gasteiger partial charge in [0.2, 0.25) is 0 Å². The largest absolute Gasteiger partial charge is 0.326 e. The zero-order valence-corrected chi connectivity index (χ0v) is 15.6. The van der Waals surface area contributed by atoms with E-state index < -0.39 is 0 Å². The molecule has 2 heterocycles. The summed E-state index contributed by atoms with van der Waals surface area (Å²) in [6.07, 6.45) is 0. The summed E-state index contributed by atoms with van der Waals surface area (Å²) in [6, 6.07) is 12.0. The molecule has 1 unspecified atom stereocenters. The quantitative estimate of drug-likeness (QED) is 0.712. The van der Waals surface area contributed by atoms with Crippen LogP contribution in [0.2, 0.25) is 0 Å². The molecule has 0 saturated carbocycles. The molecule has 0 aliphatic rings. The molecule has 3 aromatic rings. The van der Waals surface area contributed by atoms with Gasteiger partial charge < -0.3 is 10.2 Å². The molecular weight excluding hydrogens is 332 g/mol. The molecule has 0 spiro atoms. The van der Waals surface area contributed by atoms with E-state index >= 15 is 0 Å². The number of aromatic nitrogens is 2. The van der Waals surface area contributed by atoms with E-state index in [-0.39, 0.29) is 5.91 Å². The van der Waals surface area contributed by atoms with E-state index in [0.29, 0.717) is 6.54 Å². The van der Waals surface area contributed by atoms with Gasteiger partial charge in [-0.25, -0.2) is 4.68 Å². The molecule has 0 fully saturated rings. The summed E-state index contributed by atoms with van der Waals surface area (Å²) in [7, 11) is 2.03. The Kier molecular flexibility index (Phi) is 5.31. The SMILES string of the molecule is Cc1nn(-c2ccccc2)c(C)c1NC(=O)C[NH+](C)Cc1ccsc1. The number of nitrogens with zero attached hydrogens (tertiary/aromatic N) is 2. The van der Waals surface area contributed by atoms with Crippen LogP contribution in [0.1, 0.15) is 17.0 Å². The molecule has 5 nitrogen and oxygen atoms in total. The van der Waals surface area contributed by atoms with Gasteiger partial charge in [-0.15, -0.1) is 0 Å². The average Bonchev–Trinajstić information content (AvgIpc) is 3.19. The summed E-state index contributed by atoms with van der Waals surface area (Å²) in [4.78, 5) is 13.6. The Hall–Kier alpha value is -2.44. The molecule has 0 bridgehead atoms. The lowest BCUT2D eigenvalue weighted by atomic mass is 10.3. The first kappa shape index (κ1) is 17.4. The van der Waals surface area contributed by atoms with Crippen molar-refractivity contribution in [1.29, 1.82) is 0 Å². The van der Waals surface area contributed by atoms with Crippen molar-refractivity contribution in [1.82, 2.24) is 9.78 Å². The summed E-state index contributed by atoms with van der Waals surface area (Å²) >= 11 is 1.68. The Bertz CT molecular complexity index is 840. The summed E-state index contributed by atoms with van der Waals surface area (Å²) in [5.41, 5.74) is 4.82. The Labute approximate surface area is 151 Å². The van der Waals surface area contributed by atoms with Crippen molar-refractivity contribution in [3.8, 4) is 5.69 Å². The monoisotopic (exact) mass is 355 g/mol. The minimum atomic E-state index is 0.00606. The number of hydrogen-bond donors (Lipinski definition) is 2. The summed E-state index contributed by atoms with van der Waals surface area (Å²) < 4.78 is 1.87. The second-order valence-electron chi connectivity index (χ2n) is 6.28. The first-order valence-corrected chi connectivity index (χ1v) is 9.22. The third-order valence-corrected chi connectivity index (χ3v) is 4.84. The maximum atomic E-state index is 12.4. The number of anilines is 1. The summed E-state index contributed by atoms with van der Waals surface area (Å²) in [5.74, 6) is 0.00606. The van der Waals surface area contributed by atoms with E-state index in [2.05, 4.69) is 27.2 Å². The number of carbonyl (C=O) groups excluding carboxylic acids is 1.